The third-order valence-corrected chi connectivity index (χ3v) is 2.82. The van der Waals surface area contributed by atoms with Crippen LogP contribution in [0.3, 0.4) is 0 Å². The van der Waals surface area contributed by atoms with E-state index in [1.54, 1.807) is 12.1 Å². The molecule has 0 heterocycles. The summed E-state index contributed by atoms with van der Waals surface area (Å²) in [6.45, 7) is 2.31. The zero-order valence-corrected chi connectivity index (χ0v) is 9.97. The molecule has 1 rings (SSSR count). The van der Waals surface area contributed by atoms with Gasteiger partial charge in [-0.05, 0) is 12.0 Å². The second kappa shape index (κ2) is 7.04. The van der Waals surface area contributed by atoms with E-state index in [4.69, 9.17) is 5.11 Å². The van der Waals surface area contributed by atoms with Gasteiger partial charge in [-0.25, -0.2) is 0 Å². The number of carboxylic acids is 1. The van der Waals surface area contributed by atoms with Crippen molar-refractivity contribution in [2.45, 2.75) is 25.3 Å². The third-order valence-electron chi connectivity index (χ3n) is 2.82. The molecule has 0 aromatic heterocycles. The smallest absolute Gasteiger partial charge is 0.312 e. The number of carbonyl (C=O) groups is 1. The zero-order valence-electron chi connectivity index (χ0n) is 9.97. The molecular weight excluding hydrogens is 218 g/mol. The van der Waals surface area contributed by atoms with Crippen LogP contribution in [0.5, 0.6) is 0 Å². The minimum absolute atomic E-state index is 0.0254. The molecule has 4 heteroatoms. The highest BCUT2D eigenvalue weighted by Crippen LogP contribution is 2.15. The normalized spacial score (nSPS) is 14.2. The molecule has 0 aliphatic carbocycles. The van der Waals surface area contributed by atoms with Crippen LogP contribution in [0.1, 0.15) is 24.8 Å². The first-order chi connectivity index (χ1) is 8.19. The number of aliphatic carboxylic acids is 1. The standard InChI is InChI=1S/C13H19NO3/c1-2-11(9-15)14-8-12(13(16)17)10-6-4-3-5-7-10/h3-7,11-12,14-15H,2,8-9H2,1H3,(H,16,17). The molecule has 2 unspecified atom stereocenters. The summed E-state index contributed by atoms with van der Waals surface area (Å²) in [6, 6.07) is 9.09. The Hall–Kier alpha value is -1.39. The Morgan fingerprint density at radius 3 is 2.47 bits per heavy atom. The summed E-state index contributed by atoms with van der Waals surface area (Å²) in [4.78, 5) is 11.2. The van der Waals surface area contributed by atoms with Crippen LogP contribution in [-0.2, 0) is 4.79 Å². The van der Waals surface area contributed by atoms with E-state index < -0.39 is 11.9 Å². The van der Waals surface area contributed by atoms with E-state index in [0.717, 1.165) is 12.0 Å². The van der Waals surface area contributed by atoms with Gasteiger partial charge in [0.15, 0.2) is 0 Å². The number of hydrogen-bond acceptors (Lipinski definition) is 3. The minimum Gasteiger partial charge on any atom is -0.481 e. The van der Waals surface area contributed by atoms with Crippen LogP contribution < -0.4 is 5.32 Å². The highest BCUT2D eigenvalue weighted by Gasteiger charge is 2.20. The summed E-state index contributed by atoms with van der Waals surface area (Å²) >= 11 is 0. The molecule has 0 spiro atoms. The lowest BCUT2D eigenvalue weighted by molar-refractivity contribution is -0.138. The third kappa shape index (κ3) is 4.17. The van der Waals surface area contributed by atoms with Gasteiger partial charge in [0.25, 0.3) is 0 Å². The molecule has 0 radical (unpaired) electrons. The largest absolute Gasteiger partial charge is 0.481 e. The first-order valence-corrected chi connectivity index (χ1v) is 5.81. The van der Waals surface area contributed by atoms with Crippen LogP contribution in [-0.4, -0.2) is 35.4 Å². The molecule has 0 bridgehead atoms. The van der Waals surface area contributed by atoms with Gasteiger partial charge in [0.1, 0.15) is 0 Å². The Balaban J connectivity index is 2.65. The number of nitrogens with one attached hydrogen (secondary N) is 1. The number of aliphatic hydroxyl groups is 1. The summed E-state index contributed by atoms with van der Waals surface area (Å²) < 4.78 is 0. The first kappa shape index (κ1) is 13.7. The number of benzene rings is 1. The lowest BCUT2D eigenvalue weighted by Crippen LogP contribution is -2.36. The molecular formula is C13H19NO3. The predicted octanol–water partition coefficient (Wildman–Crippen LogP) is 1.22. The van der Waals surface area contributed by atoms with Crippen LogP contribution >= 0.6 is 0 Å². The predicted molar refractivity (Wildman–Crippen MR) is 66.0 cm³/mol. The summed E-state index contributed by atoms with van der Waals surface area (Å²) in [6.07, 6.45) is 0.775. The van der Waals surface area contributed by atoms with Crippen LogP contribution in [0.4, 0.5) is 0 Å². The summed E-state index contributed by atoms with van der Waals surface area (Å²) in [5, 5.41) is 21.3. The van der Waals surface area contributed by atoms with Gasteiger partial charge in [-0.2, -0.15) is 0 Å². The van der Waals surface area contributed by atoms with Crippen LogP contribution in [0, 0.1) is 0 Å². The Labute approximate surface area is 101 Å². The fourth-order valence-corrected chi connectivity index (χ4v) is 1.66. The summed E-state index contributed by atoms with van der Waals surface area (Å²) in [5.74, 6) is -1.42. The molecule has 0 aliphatic heterocycles. The Morgan fingerprint density at radius 1 is 1.35 bits per heavy atom. The summed E-state index contributed by atoms with van der Waals surface area (Å²) in [5.41, 5.74) is 0.778. The van der Waals surface area contributed by atoms with Gasteiger partial charge in [0, 0.05) is 12.6 Å². The van der Waals surface area contributed by atoms with Crippen molar-refractivity contribution in [3.63, 3.8) is 0 Å². The molecule has 1 aromatic rings. The van der Waals surface area contributed by atoms with Gasteiger partial charge in [0.05, 0.1) is 12.5 Å². The Bertz CT molecular complexity index is 336. The van der Waals surface area contributed by atoms with Crippen molar-refractivity contribution in [2.24, 2.45) is 0 Å². The average molecular weight is 237 g/mol. The van der Waals surface area contributed by atoms with Crippen LogP contribution in [0.15, 0.2) is 30.3 Å². The lowest BCUT2D eigenvalue weighted by atomic mass is 9.99. The van der Waals surface area contributed by atoms with E-state index in [9.17, 15) is 9.90 Å². The topological polar surface area (TPSA) is 69.6 Å². The van der Waals surface area contributed by atoms with E-state index in [0.29, 0.717) is 6.54 Å². The van der Waals surface area contributed by atoms with Crippen molar-refractivity contribution in [2.75, 3.05) is 13.2 Å². The van der Waals surface area contributed by atoms with Crippen molar-refractivity contribution in [3.05, 3.63) is 35.9 Å². The molecule has 3 N–H and O–H groups in total. The quantitative estimate of drug-likeness (QED) is 0.667. The molecule has 0 aliphatic rings. The molecule has 0 amide bonds. The molecule has 0 fully saturated rings. The highest BCUT2D eigenvalue weighted by molar-refractivity contribution is 5.76. The Kier molecular flexibility index (Phi) is 5.66. The van der Waals surface area contributed by atoms with Gasteiger partial charge in [-0.3, -0.25) is 4.79 Å². The molecule has 4 nitrogen and oxygen atoms in total. The fraction of sp³-hybridized carbons (Fsp3) is 0.462. The van der Waals surface area contributed by atoms with Crippen molar-refractivity contribution >= 4 is 5.97 Å². The molecule has 17 heavy (non-hydrogen) atoms. The zero-order chi connectivity index (χ0) is 12.7. The second-order valence-electron chi connectivity index (χ2n) is 4.00. The average Bonchev–Trinajstić information content (AvgIpc) is 2.35. The van der Waals surface area contributed by atoms with Crippen LogP contribution in [0.25, 0.3) is 0 Å². The maximum Gasteiger partial charge on any atom is 0.312 e. The first-order valence-electron chi connectivity index (χ1n) is 5.81. The Morgan fingerprint density at radius 2 is 2.00 bits per heavy atom. The summed E-state index contributed by atoms with van der Waals surface area (Å²) in [7, 11) is 0. The maximum absolute atomic E-state index is 11.2. The molecule has 1 aromatic carbocycles. The van der Waals surface area contributed by atoms with E-state index in [1.165, 1.54) is 0 Å². The van der Waals surface area contributed by atoms with Gasteiger partial charge < -0.3 is 15.5 Å². The van der Waals surface area contributed by atoms with Crippen molar-refractivity contribution in [1.82, 2.24) is 5.32 Å². The SMILES string of the molecule is CCC(CO)NCC(C(=O)O)c1ccccc1. The maximum atomic E-state index is 11.2. The minimum atomic E-state index is -0.850. The number of rotatable bonds is 7. The fourth-order valence-electron chi connectivity index (χ4n) is 1.66. The lowest BCUT2D eigenvalue weighted by Gasteiger charge is -2.18. The number of hydrogen-bond donors (Lipinski definition) is 3. The van der Waals surface area contributed by atoms with Gasteiger partial charge >= 0.3 is 5.97 Å². The highest BCUT2D eigenvalue weighted by atomic mass is 16.4. The van der Waals surface area contributed by atoms with Crippen LogP contribution in [0.2, 0.25) is 0 Å². The monoisotopic (exact) mass is 237 g/mol. The van der Waals surface area contributed by atoms with E-state index >= 15 is 0 Å². The number of carboxylic acid groups (broad SMARTS) is 1. The van der Waals surface area contributed by atoms with Gasteiger partial charge in [0.2, 0.25) is 0 Å². The number of aliphatic hydroxyl groups excluding tert-OH is 1. The van der Waals surface area contributed by atoms with Gasteiger partial charge in [-0.1, -0.05) is 37.3 Å². The van der Waals surface area contributed by atoms with Crippen molar-refractivity contribution < 1.29 is 15.0 Å². The van der Waals surface area contributed by atoms with E-state index in [1.807, 2.05) is 25.1 Å². The molecule has 94 valence electrons. The van der Waals surface area contributed by atoms with E-state index in [-0.39, 0.29) is 12.6 Å². The van der Waals surface area contributed by atoms with Crippen molar-refractivity contribution in [1.29, 1.82) is 0 Å². The molecule has 0 saturated heterocycles. The van der Waals surface area contributed by atoms with E-state index in [2.05, 4.69) is 5.32 Å². The van der Waals surface area contributed by atoms with Gasteiger partial charge in [-0.15, -0.1) is 0 Å². The molecule has 0 saturated carbocycles. The van der Waals surface area contributed by atoms with Crippen molar-refractivity contribution in [3.8, 4) is 0 Å². The molecule has 2 atom stereocenters. The second-order valence-corrected chi connectivity index (χ2v) is 4.00.